The van der Waals surface area contributed by atoms with E-state index in [9.17, 15) is 9.59 Å². The smallest absolute Gasteiger partial charge is 0.294 e. The van der Waals surface area contributed by atoms with Gasteiger partial charge in [0.25, 0.3) is 5.56 Å². The zero-order valence-electron chi connectivity index (χ0n) is 17.0. The van der Waals surface area contributed by atoms with Gasteiger partial charge in [0, 0.05) is 19.6 Å². The molecule has 0 unspecified atom stereocenters. The summed E-state index contributed by atoms with van der Waals surface area (Å²) in [6.45, 7) is 10.6. The van der Waals surface area contributed by atoms with Crippen molar-refractivity contribution in [3.05, 3.63) is 34.6 Å². The minimum Gasteiger partial charge on any atom is -0.355 e. The molecule has 0 aliphatic rings. The van der Waals surface area contributed by atoms with Crippen molar-refractivity contribution in [3.8, 4) is 0 Å². The van der Waals surface area contributed by atoms with Crippen LogP contribution in [0.25, 0.3) is 11.0 Å². The summed E-state index contributed by atoms with van der Waals surface area (Å²) in [4.78, 5) is 32.2. The second-order valence-corrected chi connectivity index (χ2v) is 7.33. The highest BCUT2D eigenvalue weighted by molar-refractivity contribution is 5.81. The molecule has 0 aliphatic carbocycles. The number of rotatable bonds is 10. The molecular formula is C21H32N4O2. The molecule has 2 aromatic rings. The third-order valence-electron chi connectivity index (χ3n) is 4.47. The predicted molar refractivity (Wildman–Crippen MR) is 111 cm³/mol. The van der Waals surface area contributed by atoms with Crippen LogP contribution in [0.5, 0.6) is 0 Å². The molecule has 0 saturated heterocycles. The molecule has 0 radical (unpaired) electrons. The number of aromatic nitrogens is 2. The summed E-state index contributed by atoms with van der Waals surface area (Å²) in [6.07, 6.45) is 2.79. The molecule has 1 heterocycles. The second kappa shape index (κ2) is 10.1. The molecule has 1 N–H and O–H groups in total. The Bertz CT molecular complexity index is 807. The summed E-state index contributed by atoms with van der Waals surface area (Å²) in [7, 11) is 0. The Hall–Kier alpha value is -2.37. The lowest BCUT2D eigenvalue weighted by atomic mass is 10.1. The minimum atomic E-state index is -0.199. The standard InChI is InChI=1S/C21H32N4O2/c1-5-13-24(14-6-2)20-21(27)25(15-19(26)22-12-11-16(3)4)18-10-8-7-9-17(18)23-20/h7-10,16H,5-6,11-15H2,1-4H3,(H,22,26). The lowest BCUT2D eigenvalue weighted by Crippen LogP contribution is -2.38. The Labute approximate surface area is 161 Å². The maximum absolute atomic E-state index is 13.2. The van der Waals surface area contributed by atoms with Gasteiger partial charge in [-0.3, -0.25) is 14.2 Å². The van der Waals surface area contributed by atoms with Gasteiger partial charge in [-0.05, 0) is 37.3 Å². The van der Waals surface area contributed by atoms with E-state index in [1.807, 2.05) is 29.2 Å². The highest BCUT2D eigenvalue weighted by atomic mass is 16.2. The summed E-state index contributed by atoms with van der Waals surface area (Å²) >= 11 is 0. The third-order valence-corrected chi connectivity index (χ3v) is 4.47. The van der Waals surface area contributed by atoms with Gasteiger partial charge in [0.05, 0.1) is 11.0 Å². The lowest BCUT2D eigenvalue weighted by Gasteiger charge is -2.23. The van der Waals surface area contributed by atoms with Gasteiger partial charge in [-0.25, -0.2) is 4.98 Å². The number of hydrogen-bond donors (Lipinski definition) is 1. The molecule has 0 atom stereocenters. The molecule has 6 nitrogen and oxygen atoms in total. The summed E-state index contributed by atoms with van der Waals surface area (Å²) in [5, 5.41) is 2.92. The van der Waals surface area contributed by atoms with Crippen LogP contribution in [0, 0.1) is 5.92 Å². The van der Waals surface area contributed by atoms with Crippen LogP contribution in [0.4, 0.5) is 5.82 Å². The Kier molecular flexibility index (Phi) is 7.82. The molecule has 0 saturated carbocycles. The Morgan fingerprint density at radius 3 is 2.48 bits per heavy atom. The van der Waals surface area contributed by atoms with Gasteiger partial charge in [-0.1, -0.05) is 39.8 Å². The van der Waals surface area contributed by atoms with Crippen LogP contribution < -0.4 is 15.8 Å². The van der Waals surface area contributed by atoms with Crippen molar-refractivity contribution >= 4 is 22.8 Å². The monoisotopic (exact) mass is 372 g/mol. The van der Waals surface area contributed by atoms with Crippen molar-refractivity contribution in [2.75, 3.05) is 24.5 Å². The van der Waals surface area contributed by atoms with Gasteiger partial charge in [0.2, 0.25) is 5.91 Å². The molecule has 2 rings (SSSR count). The van der Waals surface area contributed by atoms with Crippen molar-refractivity contribution in [1.29, 1.82) is 0 Å². The molecule has 0 aliphatic heterocycles. The quantitative estimate of drug-likeness (QED) is 0.695. The highest BCUT2D eigenvalue weighted by Gasteiger charge is 2.17. The number of carbonyl (C=O) groups excluding carboxylic acids is 1. The molecular weight excluding hydrogens is 340 g/mol. The number of anilines is 1. The highest BCUT2D eigenvalue weighted by Crippen LogP contribution is 2.15. The van der Waals surface area contributed by atoms with Crippen LogP contribution in [0.15, 0.2) is 29.1 Å². The first-order valence-corrected chi connectivity index (χ1v) is 9.99. The van der Waals surface area contributed by atoms with Crippen LogP contribution >= 0.6 is 0 Å². The minimum absolute atomic E-state index is 0.0129. The van der Waals surface area contributed by atoms with Gasteiger partial charge < -0.3 is 10.2 Å². The van der Waals surface area contributed by atoms with Gasteiger partial charge in [0.1, 0.15) is 6.54 Å². The normalized spacial score (nSPS) is 11.1. The summed E-state index contributed by atoms with van der Waals surface area (Å²) in [5.74, 6) is 0.822. The number of fused-ring (bicyclic) bond motifs is 1. The molecule has 1 aromatic carbocycles. The number of nitrogens with one attached hydrogen (secondary N) is 1. The van der Waals surface area contributed by atoms with Crippen molar-refractivity contribution in [2.45, 2.75) is 53.5 Å². The fourth-order valence-corrected chi connectivity index (χ4v) is 3.11. The van der Waals surface area contributed by atoms with Crippen LogP contribution in [0.1, 0.15) is 47.0 Å². The molecule has 148 valence electrons. The van der Waals surface area contributed by atoms with E-state index in [1.165, 1.54) is 0 Å². The van der Waals surface area contributed by atoms with Crippen LogP contribution in [-0.4, -0.2) is 35.1 Å². The average molecular weight is 373 g/mol. The predicted octanol–water partition coefficient (Wildman–Crippen LogP) is 3.19. The zero-order chi connectivity index (χ0) is 19.8. The molecule has 0 bridgehead atoms. The summed E-state index contributed by atoms with van der Waals surface area (Å²) in [6, 6.07) is 7.51. The van der Waals surface area contributed by atoms with E-state index in [-0.39, 0.29) is 18.0 Å². The number of carbonyl (C=O) groups is 1. The summed E-state index contributed by atoms with van der Waals surface area (Å²) < 4.78 is 1.56. The van der Waals surface area contributed by atoms with Crippen LogP contribution in [0.3, 0.4) is 0 Å². The van der Waals surface area contributed by atoms with Gasteiger partial charge in [-0.2, -0.15) is 0 Å². The van der Waals surface area contributed by atoms with E-state index in [4.69, 9.17) is 0 Å². The first-order chi connectivity index (χ1) is 13.0. The maximum Gasteiger partial charge on any atom is 0.294 e. The Morgan fingerprint density at radius 2 is 1.85 bits per heavy atom. The number of amides is 1. The molecule has 27 heavy (non-hydrogen) atoms. The molecule has 1 amide bonds. The van der Waals surface area contributed by atoms with Crippen molar-refractivity contribution in [2.24, 2.45) is 5.92 Å². The van der Waals surface area contributed by atoms with E-state index in [0.717, 1.165) is 37.9 Å². The van der Waals surface area contributed by atoms with Crippen LogP contribution in [-0.2, 0) is 11.3 Å². The van der Waals surface area contributed by atoms with E-state index in [1.54, 1.807) is 4.57 Å². The largest absolute Gasteiger partial charge is 0.355 e. The fraction of sp³-hybridized carbons (Fsp3) is 0.571. The summed E-state index contributed by atoms with van der Waals surface area (Å²) in [5.41, 5.74) is 1.23. The maximum atomic E-state index is 13.2. The fourth-order valence-electron chi connectivity index (χ4n) is 3.11. The number of hydrogen-bond acceptors (Lipinski definition) is 4. The average Bonchev–Trinajstić information content (AvgIpc) is 2.63. The van der Waals surface area contributed by atoms with Crippen molar-refractivity contribution in [3.63, 3.8) is 0 Å². The SMILES string of the molecule is CCCN(CCC)c1nc2ccccc2n(CC(=O)NCCC(C)C)c1=O. The molecule has 1 aromatic heterocycles. The molecule has 6 heteroatoms. The first kappa shape index (κ1) is 20.9. The van der Waals surface area contributed by atoms with E-state index >= 15 is 0 Å². The molecule has 0 fully saturated rings. The second-order valence-electron chi connectivity index (χ2n) is 7.33. The van der Waals surface area contributed by atoms with Crippen molar-refractivity contribution in [1.82, 2.24) is 14.9 Å². The third kappa shape index (κ3) is 5.55. The Balaban J connectivity index is 2.39. The van der Waals surface area contributed by atoms with Crippen LogP contribution in [0.2, 0.25) is 0 Å². The number of para-hydroxylation sites is 2. The van der Waals surface area contributed by atoms with E-state index in [0.29, 0.717) is 23.8 Å². The first-order valence-electron chi connectivity index (χ1n) is 9.99. The zero-order valence-corrected chi connectivity index (χ0v) is 17.0. The van der Waals surface area contributed by atoms with E-state index in [2.05, 4.69) is 38.0 Å². The molecule has 0 spiro atoms. The topological polar surface area (TPSA) is 67.2 Å². The lowest BCUT2D eigenvalue weighted by molar-refractivity contribution is -0.121. The Morgan fingerprint density at radius 1 is 1.19 bits per heavy atom. The van der Waals surface area contributed by atoms with Crippen molar-refractivity contribution < 1.29 is 4.79 Å². The van der Waals surface area contributed by atoms with E-state index < -0.39 is 0 Å². The van der Waals surface area contributed by atoms with Gasteiger partial charge in [-0.15, -0.1) is 0 Å². The van der Waals surface area contributed by atoms with Gasteiger partial charge >= 0.3 is 0 Å². The number of nitrogens with zero attached hydrogens (tertiary/aromatic N) is 3. The number of benzene rings is 1. The van der Waals surface area contributed by atoms with Gasteiger partial charge in [0.15, 0.2) is 5.82 Å².